The van der Waals surface area contributed by atoms with Gasteiger partial charge in [-0.3, -0.25) is 0 Å². The van der Waals surface area contributed by atoms with Crippen molar-refractivity contribution in [2.75, 3.05) is 12.4 Å². The van der Waals surface area contributed by atoms with Crippen molar-refractivity contribution >= 4 is 5.69 Å². The molecule has 112 valence electrons. The third kappa shape index (κ3) is 4.30. The molecule has 0 saturated carbocycles. The van der Waals surface area contributed by atoms with E-state index in [-0.39, 0.29) is 17.3 Å². The third-order valence-corrected chi connectivity index (χ3v) is 2.79. The number of hydrogen-bond acceptors (Lipinski definition) is 3. The second-order valence-corrected chi connectivity index (χ2v) is 4.22. The summed E-state index contributed by atoms with van der Waals surface area (Å²) in [5.74, 6) is -0.130. The average Bonchev–Trinajstić information content (AvgIpc) is 2.46. The fraction of sp³-hybridized carbons (Fsp3) is 0.200. The van der Waals surface area contributed by atoms with Crippen molar-refractivity contribution in [2.45, 2.75) is 13.2 Å². The summed E-state index contributed by atoms with van der Waals surface area (Å²) in [4.78, 5) is 0. The molecule has 1 N–H and O–H groups in total. The van der Waals surface area contributed by atoms with Gasteiger partial charge in [-0.25, -0.2) is 4.39 Å². The van der Waals surface area contributed by atoms with E-state index in [0.717, 1.165) is 5.56 Å². The Morgan fingerprint density at radius 2 is 1.76 bits per heavy atom. The van der Waals surface area contributed by atoms with Gasteiger partial charge in [-0.1, -0.05) is 12.1 Å². The Labute approximate surface area is 120 Å². The first-order valence-corrected chi connectivity index (χ1v) is 6.19. The van der Waals surface area contributed by atoms with Crippen molar-refractivity contribution in [1.29, 1.82) is 0 Å². The molecule has 21 heavy (non-hydrogen) atoms. The molecule has 3 nitrogen and oxygen atoms in total. The van der Waals surface area contributed by atoms with Gasteiger partial charge in [-0.05, 0) is 29.8 Å². The molecule has 0 aliphatic heterocycles. The molecule has 6 heteroatoms. The highest BCUT2D eigenvalue weighted by Gasteiger charge is 2.11. The largest absolute Gasteiger partial charge is 0.493 e. The molecule has 0 aromatic heterocycles. The lowest BCUT2D eigenvalue weighted by molar-refractivity contribution is -0.0511. The first-order chi connectivity index (χ1) is 10.1. The second-order valence-electron chi connectivity index (χ2n) is 4.22. The molecule has 0 amide bonds. The SMILES string of the molecule is COc1ccc(NCc2ccc(F)cc2)cc1OC(F)F. The maximum atomic E-state index is 12.8. The average molecular weight is 297 g/mol. The Morgan fingerprint density at radius 3 is 2.38 bits per heavy atom. The molecule has 0 radical (unpaired) electrons. The molecule has 0 atom stereocenters. The van der Waals surface area contributed by atoms with Crippen LogP contribution < -0.4 is 14.8 Å². The first kappa shape index (κ1) is 15.0. The van der Waals surface area contributed by atoms with Gasteiger partial charge in [0.25, 0.3) is 0 Å². The number of nitrogens with one attached hydrogen (secondary N) is 1. The molecule has 0 aliphatic carbocycles. The van der Waals surface area contributed by atoms with Crippen LogP contribution in [0.15, 0.2) is 42.5 Å². The maximum absolute atomic E-state index is 12.8. The summed E-state index contributed by atoms with van der Waals surface area (Å²) in [6.45, 7) is -2.49. The minimum atomic E-state index is -2.92. The Balaban J connectivity index is 2.07. The van der Waals surface area contributed by atoms with Crippen LogP contribution >= 0.6 is 0 Å². The van der Waals surface area contributed by atoms with Crippen LogP contribution in [-0.4, -0.2) is 13.7 Å². The van der Waals surface area contributed by atoms with Gasteiger partial charge in [0, 0.05) is 18.3 Å². The number of hydrogen-bond donors (Lipinski definition) is 1. The smallest absolute Gasteiger partial charge is 0.387 e. The molecular weight excluding hydrogens is 283 g/mol. The Bertz CT molecular complexity index is 588. The summed E-state index contributed by atoms with van der Waals surface area (Å²) in [5, 5.41) is 3.04. The highest BCUT2D eigenvalue weighted by molar-refractivity contribution is 5.55. The summed E-state index contributed by atoms with van der Waals surface area (Å²) >= 11 is 0. The Hall–Kier alpha value is -2.37. The number of ether oxygens (including phenoxy) is 2. The number of methoxy groups -OCH3 is 1. The van der Waals surface area contributed by atoms with E-state index in [1.807, 2.05) is 0 Å². The van der Waals surface area contributed by atoms with Crippen LogP contribution in [0, 0.1) is 5.82 Å². The predicted molar refractivity (Wildman–Crippen MR) is 73.4 cm³/mol. The summed E-state index contributed by atoms with van der Waals surface area (Å²) in [6, 6.07) is 10.6. The summed E-state index contributed by atoms with van der Waals surface area (Å²) < 4.78 is 46.8. The van der Waals surface area contributed by atoms with E-state index in [1.165, 1.54) is 31.4 Å². The molecule has 2 aromatic carbocycles. The fourth-order valence-electron chi connectivity index (χ4n) is 1.78. The van der Waals surface area contributed by atoms with Crippen molar-refractivity contribution in [3.8, 4) is 11.5 Å². The zero-order chi connectivity index (χ0) is 15.2. The summed E-state index contributed by atoms with van der Waals surface area (Å²) in [5.41, 5.74) is 1.46. The van der Waals surface area contributed by atoms with Gasteiger partial charge in [0.05, 0.1) is 7.11 Å². The van der Waals surface area contributed by atoms with E-state index in [2.05, 4.69) is 10.1 Å². The van der Waals surface area contributed by atoms with E-state index in [9.17, 15) is 13.2 Å². The number of anilines is 1. The quantitative estimate of drug-likeness (QED) is 0.872. The molecule has 0 heterocycles. The second kappa shape index (κ2) is 6.88. The highest BCUT2D eigenvalue weighted by atomic mass is 19.3. The fourth-order valence-corrected chi connectivity index (χ4v) is 1.78. The van der Waals surface area contributed by atoms with Gasteiger partial charge in [0.2, 0.25) is 0 Å². The zero-order valence-corrected chi connectivity index (χ0v) is 11.3. The van der Waals surface area contributed by atoms with Crippen LogP contribution in [0.3, 0.4) is 0 Å². The maximum Gasteiger partial charge on any atom is 0.387 e. The normalized spacial score (nSPS) is 10.5. The topological polar surface area (TPSA) is 30.5 Å². The third-order valence-electron chi connectivity index (χ3n) is 2.79. The van der Waals surface area contributed by atoms with E-state index in [0.29, 0.717) is 12.2 Å². The van der Waals surface area contributed by atoms with Crippen molar-refractivity contribution in [2.24, 2.45) is 0 Å². The van der Waals surface area contributed by atoms with Crippen LogP contribution in [0.2, 0.25) is 0 Å². The predicted octanol–water partition coefficient (Wildman–Crippen LogP) is 4.05. The number of rotatable bonds is 6. The molecule has 0 spiro atoms. The van der Waals surface area contributed by atoms with Crippen LogP contribution in [0.1, 0.15) is 5.56 Å². The molecule has 2 rings (SSSR count). The molecule has 0 bridgehead atoms. The molecule has 0 fully saturated rings. The van der Waals surface area contributed by atoms with Crippen molar-refractivity contribution in [1.82, 2.24) is 0 Å². The van der Waals surface area contributed by atoms with Gasteiger partial charge in [-0.15, -0.1) is 0 Å². The number of halogens is 3. The minimum absolute atomic E-state index is 0.0448. The van der Waals surface area contributed by atoms with Crippen LogP contribution in [0.25, 0.3) is 0 Å². The lowest BCUT2D eigenvalue weighted by atomic mass is 10.2. The van der Waals surface area contributed by atoms with Crippen LogP contribution in [0.4, 0.5) is 18.9 Å². The number of benzene rings is 2. The standard InChI is InChI=1S/C15H14F3NO2/c1-20-13-7-6-12(8-14(13)21-15(17)18)19-9-10-2-4-11(16)5-3-10/h2-8,15,19H,9H2,1H3. The van der Waals surface area contributed by atoms with Gasteiger partial charge in [-0.2, -0.15) is 8.78 Å². The highest BCUT2D eigenvalue weighted by Crippen LogP contribution is 2.31. The Morgan fingerprint density at radius 1 is 1.05 bits per heavy atom. The lowest BCUT2D eigenvalue weighted by Crippen LogP contribution is -2.05. The Kier molecular flexibility index (Phi) is 4.92. The molecule has 0 saturated heterocycles. The van der Waals surface area contributed by atoms with Gasteiger partial charge >= 0.3 is 6.61 Å². The lowest BCUT2D eigenvalue weighted by Gasteiger charge is -2.12. The number of alkyl halides is 2. The van der Waals surface area contributed by atoms with Crippen LogP contribution in [-0.2, 0) is 6.54 Å². The van der Waals surface area contributed by atoms with Gasteiger partial charge < -0.3 is 14.8 Å². The van der Waals surface area contributed by atoms with Crippen molar-refractivity contribution in [3.05, 3.63) is 53.8 Å². The molecular formula is C15H14F3NO2. The molecule has 2 aromatic rings. The minimum Gasteiger partial charge on any atom is -0.493 e. The summed E-state index contributed by atoms with van der Waals surface area (Å²) in [7, 11) is 1.37. The van der Waals surface area contributed by atoms with E-state index < -0.39 is 6.61 Å². The van der Waals surface area contributed by atoms with Gasteiger partial charge in [0.1, 0.15) is 5.82 Å². The van der Waals surface area contributed by atoms with Gasteiger partial charge in [0.15, 0.2) is 11.5 Å². The first-order valence-electron chi connectivity index (χ1n) is 6.19. The van der Waals surface area contributed by atoms with Crippen molar-refractivity contribution < 1.29 is 22.6 Å². The van der Waals surface area contributed by atoms with E-state index in [4.69, 9.17) is 4.74 Å². The monoisotopic (exact) mass is 297 g/mol. The van der Waals surface area contributed by atoms with Crippen molar-refractivity contribution in [3.63, 3.8) is 0 Å². The summed E-state index contributed by atoms with van der Waals surface area (Å²) in [6.07, 6.45) is 0. The zero-order valence-electron chi connectivity index (χ0n) is 11.3. The van der Waals surface area contributed by atoms with Crippen LogP contribution in [0.5, 0.6) is 11.5 Å². The van der Waals surface area contributed by atoms with E-state index in [1.54, 1.807) is 18.2 Å². The van der Waals surface area contributed by atoms with E-state index >= 15 is 0 Å². The molecule has 0 aliphatic rings. The molecule has 0 unspecified atom stereocenters.